The van der Waals surface area contributed by atoms with Crippen molar-refractivity contribution in [2.24, 2.45) is 17.4 Å². The molecule has 4 N–H and O–H groups in total. The Labute approximate surface area is 82.1 Å². The van der Waals surface area contributed by atoms with Crippen molar-refractivity contribution in [1.82, 2.24) is 9.78 Å². The van der Waals surface area contributed by atoms with E-state index in [1.807, 2.05) is 0 Å². The molecule has 1 saturated carbocycles. The van der Waals surface area contributed by atoms with Gasteiger partial charge in [0, 0.05) is 12.4 Å². The van der Waals surface area contributed by atoms with Gasteiger partial charge in [-0.15, -0.1) is 0 Å². The SMILES string of the molecule is NC(=O)C(N)(Cn1cccn1)C1CC1. The van der Waals surface area contributed by atoms with E-state index in [-0.39, 0.29) is 5.92 Å². The maximum atomic E-state index is 11.3. The lowest BCUT2D eigenvalue weighted by atomic mass is 9.94. The summed E-state index contributed by atoms with van der Waals surface area (Å²) in [6.07, 6.45) is 5.42. The Balaban J connectivity index is 2.15. The molecular formula is C9H14N4O. The number of primary amides is 1. The van der Waals surface area contributed by atoms with Gasteiger partial charge in [-0.25, -0.2) is 0 Å². The number of aromatic nitrogens is 2. The minimum atomic E-state index is -0.925. The molecule has 76 valence electrons. The fourth-order valence-corrected chi connectivity index (χ4v) is 1.67. The molecule has 1 aromatic rings. The highest BCUT2D eigenvalue weighted by molar-refractivity contribution is 5.85. The normalized spacial score (nSPS) is 20.4. The van der Waals surface area contributed by atoms with Crippen molar-refractivity contribution >= 4 is 5.91 Å². The number of nitrogens with two attached hydrogens (primary N) is 2. The Hall–Kier alpha value is -1.36. The number of hydrogen-bond acceptors (Lipinski definition) is 3. The van der Waals surface area contributed by atoms with E-state index in [4.69, 9.17) is 11.5 Å². The number of carbonyl (C=O) groups excluding carboxylic acids is 1. The highest BCUT2D eigenvalue weighted by Crippen LogP contribution is 2.38. The molecule has 0 bridgehead atoms. The lowest BCUT2D eigenvalue weighted by Gasteiger charge is -2.25. The zero-order chi connectivity index (χ0) is 10.2. The standard InChI is InChI=1S/C9H14N4O/c10-8(14)9(11,7-2-3-7)6-13-5-1-4-12-13/h1,4-5,7H,2-3,6,11H2,(H2,10,14). The first-order chi connectivity index (χ1) is 6.63. The molecule has 1 aromatic heterocycles. The Bertz CT molecular complexity index is 331. The molecule has 0 aromatic carbocycles. The minimum absolute atomic E-state index is 0.226. The molecule has 1 heterocycles. The van der Waals surface area contributed by atoms with Gasteiger partial charge >= 0.3 is 0 Å². The second-order valence-electron chi connectivity index (χ2n) is 3.88. The van der Waals surface area contributed by atoms with Crippen LogP contribution in [-0.2, 0) is 11.3 Å². The fraction of sp³-hybridized carbons (Fsp3) is 0.556. The van der Waals surface area contributed by atoms with E-state index in [1.165, 1.54) is 0 Å². The third kappa shape index (κ3) is 1.50. The minimum Gasteiger partial charge on any atom is -0.368 e. The molecule has 5 nitrogen and oxygen atoms in total. The number of hydrogen-bond donors (Lipinski definition) is 2. The van der Waals surface area contributed by atoms with Crippen LogP contribution in [0.4, 0.5) is 0 Å². The van der Waals surface area contributed by atoms with Crippen LogP contribution in [0.5, 0.6) is 0 Å². The summed E-state index contributed by atoms with van der Waals surface area (Å²) in [5, 5.41) is 4.02. The highest BCUT2D eigenvalue weighted by atomic mass is 16.1. The summed E-state index contributed by atoms with van der Waals surface area (Å²) in [6, 6.07) is 1.80. The van der Waals surface area contributed by atoms with Gasteiger partial charge in [0.25, 0.3) is 0 Å². The molecular weight excluding hydrogens is 180 g/mol. The topological polar surface area (TPSA) is 86.9 Å². The van der Waals surface area contributed by atoms with E-state index in [1.54, 1.807) is 23.1 Å². The summed E-state index contributed by atoms with van der Waals surface area (Å²) < 4.78 is 1.66. The molecule has 0 radical (unpaired) electrons. The van der Waals surface area contributed by atoms with Crippen LogP contribution >= 0.6 is 0 Å². The maximum absolute atomic E-state index is 11.3. The second-order valence-corrected chi connectivity index (χ2v) is 3.88. The van der Waals surface area contributed by atoms with Gasteiger partial charge in [0.05, 0.1) is 6.54 Å². The van der Waals surface area contributed by atoms with Crippen molar-refractivity contribution < 1.29 is 4.79 Å². The molecule has 1 amide bonds. The molecule has 14 heavy (non-hydrogen) atoms. The predicted octanol–water partition coefficient (Wildman–Crippen LogP) is -0.524. The number of rotatable bonds is 4. The molecule has 2 rings (SSSR count). The Morgan fingerprint density at radius 3 is 2.79 bits per heavy atom. The summed E-state index contributed by atoms with van der Waals surface area (Å²) in [5.74, 6) is -0.209. The Morgan fingerprint density at radius 2 is 2.36 bits per heavy atom. The van der Waals surface area contributed by atoms with Crippen LogP contribution in [0.15, 0.2) is 18.5 Å². The quantitative estimate of drug-likeness (QED) is 0.675. The highest BCUT2D eigenvalue weighted by Gasteiger charge is 2.47. The van der Waals surface area contributed by atoms with Crippen LogP contribution in [0.2, 0.25) is 0 Å². The van der Waals surface area contributed by atoms with Crippen LogP contribution in [0.25, 0.3) is 0 Å². The van der Waals surface area contributed by atoms with Crippen LogP contribution in [0, 0.1) is 5.92 Å². The van der Waals surface area contributed by atoms with E-state index >= 15 is 0 Å². The van der Waals surface area contributed by atoms with E-state index in [2.05, 4.69) is 5.10 Å². The summed E-state index contributed by atoms with van der Waals surface area (Å²) in [7, 11) is 0. The second kappa shape index (κ2) is 3.09. The maximum Gasteiger partial charge on any atom is 0.239 e. The average Bonchev–Trinajstić information content (AvgIpc) is 2.87. The number of carbonyl (C=O) groups is 1. The van der Waals surface area contributed by atoms with E-state index < -0.39 is 11.4 Å². The average molecular weight is 194 g/mol. The van der Waals surface area contributed by atoms with Crippen LogP contribution in [-0.4, -0.2) is 21.2 Å². The van der Waals surface area contributed by atoms with Crippen molar-refractivity contribution in [3.05, 3.63) is 18.5 Å². The van der Waals surface area contributed by atoms with Crippen molar-refractivity contribution in [3.8, 4) is 0 Å². The predicted molar refractivity (Wildman–Crippen MR) is 51.1 cm³/mol. The largest absolute Gasteiger partial charge is 0.368 e. The van der Waals surface area contributed by atoms with Gasteiger partial charge in [0.2, 0.25) is 5.91 Å². The van der Waals surface area contributed by atoms with Crippen molar-refractivity contribution in [2.75, 3.05) is 0 Å². The molecule has 1 unspecified atom stereocenters. The Kier molecular flexibility index (Phi) is 2.03. The smallest absolute Gasteiger partial charge is 0.239 e. The van der Waals surface area contributed by atoms with Gasteiger partial charge in [-0.1, -0.05) is 0 Å². The molecule has 1 fully saturated rings. The molecule has 0 saturated heterocycles. The monoisotopic (exact) mass is 194 g/mol. The molecule has 0 aliphatic heterocycles. The zero-order valence-corrected chi connectivity index (χ0v) is 7.89. The van der Waals surface area contributed by atoms with Gasteiger partial charge < -0.3 is 11.5 Å². The molecule has 1 aliphatic carbocycles. The van der Waals surface area contributed by atoms with E-state index in [9.17, 15) is 4.79 Å². The third-order valence-corrected chi connectivity index (χ3v) is 2.75. The first kappa shape index (κ1) is 9.21. The van der Waals surface area contributed by atoms with Gasteiger partial charge in [-0.05, 0) is 24.8 Å². The fourth-order valence-electron chi connectivity index (χ4n) is 1.67. The third-order valence-electron chi connectivity index (χ3n) is 2.75. The molecule has 0 spiro atoms. The van der Waals surface area contributed by atoms with Crippen molar-refractivity contribution in [3.63, 3.8) is 0 Å². The van der Waals surface area contributed by atoms with E-state index in [0.717, 1.165) is 12.8 Å². The van der Waals surface area contributed by atoms with Crippen LogP contribution in [0.1, 0.15) is 12.8 Å². The van der Waals surface area contributed by atoms with Gasteiger partial charge in [0.15, 0.2) is 0 Å². The lowest BCUT2D eigenvalue weighted by molar-refractivity contribution is -0.124. The van der Waals surface area contributed by atoms with Crippen LogP contribution < -0.4 is 11.5 Å². The van der Waals surface area contributed by atoms with Crippen molar-refractivity contribution in [1.29, 1.82) is 0 Å². The van der Waals surface area contributed by atoms with Gasteiger partial charge in [0.1, 0.15) is 5.54 Å². The number of nitrogens with zero attached hydrogens (tertiary/aromatic N) is 2. The van der Waals surface area contributed by atoms with Crippen LogP contribution in [0.3, 0.4) is 0 Å². The molecule has 1 aliphatic rings. The first-order valence-electron chi connectivity index (χ1n) is 4.69. The molecule has 1 atom stereocenters. The zero-order valence-electron chi connectivity index (χ0n) is 7.89. The summed E-state index contributed by atoms with van der Waals surface area (Å²) in [5.41, 5.74) is 10.4. The summed E-state index contributed by atoms with van der Waals surface area (Å²) >= 11 is 0. The number of amides is 1. The first-order valence-corrected chi connectivity index (χ1v) is 4.69. The summed E-state index contributed by atoms with van der Waals surface area (Å²) in [4.78, 5) is 11.3. The lowest BCUT2D eigenvalue weighted by Crippen LogP contribution is -2.56. The van der Waals surface area contributed by atoms with E-state index in [0.29, 0.717) is 6.54 Å². The molecule has 5 heteroatoms. The van der Waals surface area contributed by atoms with Crippen molar-refractivity contribution in [2.45, 2.75) is 24.9 Å². The van der Waals surface area contributed by atoms with Gasteiger partial charge in [-0.2, -0.15) is 5.10 Å². The Morgan fingerprint density at radius 1 is 1.64 bits per heavy atom. The van der Waals surface area contributed by atoms with Gasteiger partial charge in [-0.3, -0.25) is 9.48 Å². The summed E-state index contributed by atoms with van der Waals surface area (Å²) in [6.45, 7) is 0.375.